The van der Waals surface area contributed by atoms with E-state index in [1.54, 1.807) is 0 Å². The van der Waals surface area contributed by atoms with Gasteiger partial charge in [0.1, 0.15) is 0 Å². The van der Waals surface area contributed by atoms with E-state index >= 15 is 0 Å². The molecule has 2 amide bonds. The Labute approximate surface area is 170 Å². The van der Waals surface area contributed by atoms with E-state index in [4.69, 9.17) is 4.74 Å². The molecule has 1 saturated heterocycles. The van der Waals surface area contributed by atoms with E-state index in [0.717, 1.165) is 57.8 Å². The second kappa shape index (κ2) is 9.19. The maximum atomic E-state index is 12.8. The largest absolute Gasteiger partial charge is 0.379 e. The van der Waals surface area contributed by atoms with E-state index in [9.17, 15) is 9.59 Å². The van der Waals surface area contributed by atoms with E-state index in [1.165, 1.54) is 0 Å². The zero-order valence-electron chi connectivity index (χ0n) is 16.5. The number of carbonyl (C=O) groups excluding carboxylic acids is 2. The van der Waals surface area contributed by atoms with Crippen LogP contribution in [0.1, 0.15) is 39.6 Å². The van der Waals surface area contributed by atoms with Crippen LogP contribution in [0.2, 0.25) is 0 Å². The van der Waals surface area contributed by atoms with Crippen molar-refractivity contribution in [1.29, 1.82) is 0 Å². The van der Waals surface area contributed by atoms with E-state index in [0.29, 0.717) is 30.3 Å². The normalized spacial score (nSPS) is 16.8. The van der Waals surface area contributed by atoms with Crippen molar-refractivity contribution < 1.29 is 14.3 Å². The number of imidazole rings is 1. The summed E-state index contributed by atoms with van der Waals surface area (Å²) in [5.74, 6) is -0.158. The van der Waals surface area contributed by atoms with E-state index in [2.05, 4.69) is 20.5 Å². The van der Waals surface area contributed by atoms with Crippen molar-refractivity contribution in [3.05, 3.63) is 47.5 Å². The molecule has 4 rings (SSSR count). The van der Waals surface area contributed by atoms with Gasteiger partial charge in [0.25, 0.3) is 11.8 Å². The van der Waals surface area contributed by atoms with E-state index in [1.807, 2.05) is 34.9 Å². The summed E-state index contributed by atoms with van der Waals surface area (Å²) in [5, 5.41) is 5.84. The quantitative estimate of drug-likeness (QED) is 0.772. The minimum atomic E-state index is -0.269. The van der Waals surface area contributed by atoms with Gasteiger partial charge in [-0.05, 0) is 31.4 Å². The molecule has 0 atom stereocenters. The van der Waals surface area contributed by atoms with Gasteiger partial charge in [0, 0.05) is 38.4 Å². The molecule has 8 nitrogen and oxygen atoms in total. The first-order valence-corrected chi connectivity index (χ1v) is 10.3. The lowest BCUT2D eigenvalue weighted by molar-refractivity contribution is 0.0383. The monoisotopic (exact) mass is 397 g/mol. The van der Waals surface area contributed by atoms with Crippen molar-refractivity contribution in [2.45, 2.75) is 25.8 Å². The highest BCUT2D eigenvalue weighted by atomic mass is 16.5. The van der Waals surface area contributed by atoms with Gasteiger partial charge in [0.2, 0.25) is 0 Å². The van der Waals surface area contributed by atoms with Crippen molar-refractivity contribution >= 4 is 17.5 Å². The lowest BCUT2D eigenvalue weighted by Gasteiger charge is -2.26. The second-order valence-electron chi connectivity index (χ2n) is 7.37. The summed E-state index contributed by atoms with van der Waals surface area (Å²) in [6.45, 7) is 5.30. The highest BCUT2D eigenvalue weighted by Crippen LogP contribution is 2.22. The Bertz CT molecular complexity index is 859. The van der Waals surface area contributed by atoms with Crippen LogP contribution in [0.25, 0.3) is 0 Å². The molecule has 2 N–H and O–H groups in total. The molecule has 2 aromatic rings. The molecule has 0 unspecified atom stereocenters. The van der Waals surface area contributed by atoms with Gasteiger partial charge in [-0.3, -0.25) is 14.5 Å². The molecule has 0 radical (unpaired) electrons. The molecule has 3 heterocycles. The molecule has 154 valence electrons. The third kappa shape index (κ3) is 4.65. The fourth-order valence-corrected chi connectivity index (χ4v) is 3.84. The van der Waals surface area contributed by atoms with Gasteiger partial charge in [-0.15, -0.1) is 0 Å². The number of hydrogen-bond acceptors (Lipinski definition) is 5. The molecule has 1 aromatic heterocycles. The summed E-state index contributed by atoms with van der Waals surface area (Å²) in [6, 6.07) is 9.30. The summed E-state index contributed by atoms with van der Waals surface area (Å²) >= 11 is 0. The molecule has 1 aromatic carbocycles. The Kier molecular flexibility index (Phi) is 6.21. The van der Waals surface area contributed by atoms with Crippen LogP contribution in [0, 0.1) is 0 Å². The van der Waals surface area contributed by atoms with Crippen LogP contribution in [-0.2, 0) is 17.7 Å². The molecule has 2 aliphatic rings. The predicted octanol–water partition coefficient (Wildman–Crippen LogP) is 1.53. The highest BCUT2D eigenvalue weighted by molar-refractivity contribution is 6.05. The number of anilines is 1. The SMILES string of the molecule is O=C(Nc1ccccc1)c1nc(C(=O)NCCN2CCOCC2)n2c1CCCC2. The fraction of sp³-hybridized carbons (Fsp3) is 0.476. The summed E-state index contributed by atoms with van der Waals surface area (Å²) in [6.07, 6.45) is 2.73. The second-order valence-corrected chi connectivity index (χ2v) is 7.37. The van der Waals surface area contributed by atoms with Crippen molar-refractivity contribution in [2.75, 3.05) is 44.7 Å². The number of fused-ring (bicyclic) bond motifs is 1. The first-order chi connectivity index (χ1) is 14.2. The molecular weight excluding hydrogens is 370 g/mol. The minimum absolute atomic E-state index is 0.222. The zero-order valence-corrected chi connectivity index (χ0v) is 16.5. The van der Waals surface area contributed by atoms with Crippen molar-refractivity contribution in [3.8, 4) is 0 Å². The topological polar surface area (TPSA) is 88.5 Å². The lowest BCUT2D eigenvalue weighted by Crippen LogP contribution is -2.41. The number of carbonyl (C=O) groups is 2. The molecule has 0 spiro atoms. The van der Waals surface area contributed by atoms with Gasteiger partial charge in [0.05, 0.1) is 18.9 Å². The first kappa shape index (κ1) is 19.6. The summed E-state index contributed by atoms with van der Waals surface area (Å²) in [5.41, 5.74) is 1.92. The molecule has 8 heteroatoms. The lowest BCUT2D eigenvalue weighted by atomic mass is 10.1. The molecule has 0 saturated carbocycles. The van der Waals surface area contributed by atoms with Gasteiger partial charge in [-0.25, -0.2) is 4.98 Å². The number of morpholine rings is 1. The van der Waals surface area contributed by atoms with Crippen molar-refractivity contribution in [3.63, 3.8) is 0 Å². The van der Waals surface area contributed by atoms with Crippen LogP contribution >= 0.6 is 0 Å². The van der Waals surface area contributed by atoms with Gasteiger partial charge < -0.3 is 19.9 Å². The number of ether oxygens (including phenoxy) is 1. The number of nitrogens with zero attached hydrogens (tertiary/aromatic N) is 3. The number of hydrogen-bond donors (Lipinski definition) is 2. The molecule has 0 bridgehead atoms. The van der Waals surface area contributed by atoms with Crippen LogP contribution < -0.4 is 10.6 Å². The Balaban J connectivity index is 1.45. The number of nitrogens with one attached hydrogen (secondary N) is 2. The predicted molar refractivity (Wildman–Crippen MR) is 109 cm³/mol. The number of amides is 2. The Morgan fingerprint density at radius 1 is 1.03 bits per heavy atom. The van der Waals surface area contributed by atoms with Crippen LogP contribution in [-0.4, -0.2) is 65.7 Å². The average Bonchev–Trinajstić information content (AvgIpc) is 3.15. The van der Waals surface area contributed by atoms with Crippen LogP contribution in [0.5, 0.6) is 0 Å². The Morgan fingerprint density at radius 2 is 1.83 bits per heavy atom. The number of para-hydroxylation sites is 1. The Morgan fingerprint density at radius 3 is 2.62 bits per heavy atom. The van der Waals surface area contributed by atoms with E-state index < -0.39 is 0 Å². The highest BCUT2D eigenvalue weighted by Gasteiger charge is 2.27. The number of benzene rings is 1. The summed E-state index contributed by atoms with van der Waals surface area (Å²) in [4.78, 5) is 32.3. The number of aromatic nitrogens is 2. The zero-order chi connectivity index (χ0) is 20.1. The first-order valence-electron chi connectivity index (χ1n) is 10.3. The molecular formula is C21H27N5O3. The fourth-order valence-electron chi connectivity index (χ4n) is 3.84. The van der Waals surface area contributed by atoms with Crippen LogP contribution in [0.15, 0.2) is 30.3 Å². The van der Waals surface area contributed by atoms with Crippen LogP contribution in [0.4, 0.5) is 5.69 Å². The third-order valence-electron chi connectivity index (χ3n) is 5.38. The van der Waals surface area contributed by atoms with Gasteiger partial charge in [0.15, 0.2) is 11.5 Å². The molecule has 29 heavy (non-hydrogen) atoms. The average molecular weight is 397 g/mol. The smallest absolute Gasteiger partial charge is 0.287 e. The Hall–Kier alpha value is -2.71. The molecule has 0 aliphatic carbocycles. The summed E-state index contributed by atoms with van der Waals surface area (Å²) < 4.78 is 7.26. The summed E-state index contributed by atoms with van der Waals surface area (Å²) in [7, 11) is 0. The van der Waals surface area contributed by atoms with Gasteiger partial charge in [-0.2, -0.15) is 0 Å². The maximum absolute atomic E-state index is 12.8. The maximum Gasteiger partial charge on any atom is 0.287 e. The van der Waals surface area contributed by atoms with Crippen molar-refractivity contribution in [1.82, 2.24) is 19.8 Å². The third-order valence-corrected chi connectivity index (χ3v) is 5.38. The van der Waals surface area contributed by atoms with Gasteiger partial charge >= 0.3 is 0 Å². The minimum Gasteiger partial charge on any atom is -0.379 e. The van der Waals surface area contributed by atoms with Crippen LogP contribution in [0.3, 0.4) is 0 Å². The molecule has 2 aliphatic heterocycles. The number of rotatable bonds is 6. The molecule has 1 fully saturated rings. The van der Waals surface area contributed by atoms with E-state index in [-0.39, 0.29) is 11.8 Å². The van der Waals surface area contributed by atoms with Crippen molar-refractivity contribution in [2.24, 2.45) is 0 Å². The van der Waals surface area contributed by atoms with Gasteiger partial charge in [-0.1, -0.05) is 18.2 Å². The standard InChI is InChI=1S/C21H27N5O3/c27-20(23-16-6-2-1-3-7-16)18-17-8-4-5-10-26(17)19(24-18)21(28)22-9-11-25-12-14-29-15-13-25/h1-3,6-7H,4-5,8-15H2,(H,22,28)(H,23,27).